The lowest BCUT2D eigenvalue weighted by Crippen LogP contribution is -2.39. The van der Waals surface area contributed by atoms with Crippen LogP contribution >= 0.6 is 11.6 Å². The van der Waals surface area contributed by atoms with Crippen LogP contribution in [0.4, 0.5) is 13.2 Å². The lowest BCUT2D eigenvalue weighted by atomic mass is 10.1. The van der Waals surface area contributed by atoms with Gasteiger partial charge in [-0.2, -0.15) is 13.2 Å². The third-order valence-electron chi connectivity index (χ3n) is 1.77. The number of hydrogen-bond acceptors (Lipinski definition) is 1. The second-order valence-electron chi connectivity index (χ2n) is 2.98. The van der Waals surface area contributed by atoms with Gasteiger partial charge in [0, 0.05) is 5.02 Å². The average Bonchev–Trinajstić information content (AvgIpc) is 2.02. The van der Waals surface area contributed by atoms with Gasteiger partial charge in [0.15, 0.2) is 0 Å². The van der Waals surface area contributed by atoms with Crippen molar-refractivity contribution in [2.75, 3.05) is 0 Å². The van der Waals surface area contributed by atoms with Crippen molar-refractivity contribution in [2.45, 2.75) is 18.6 Å². The van der Waals surface area contributed by atoms with Crippen molar-refractivity contribution in [3.8, 4) is 0 Å². The smallest absolute Gasteiger partial charge is 0.320 e. The number of nitrogens with two attached hydrogens (primary N) is 1. The average molecular weight is 224 g/mol. The second-order valence-corrected chi connectivity index (χ2v) is 3.42. The maximum Gasteiger partial charge on any atom is 0.403 e. The molecule has 0 heterocycles. The lowest BCUT2D eigenvalue weighted by Gasteiger charge is -2.15. The van der Waals surface area contributed by atoms with Crippen LogP contribution < -0.4 is 5.73 Å². The third-order valence-corrected chi connectivity index (χ3v) is 2.00. The van der Waals surface area contributed by atoms with Crippen molar-refractivity contribution in [2.24, 2.45) is 5.73 Å². The number of alkyl halides is 3. The van der Waals surface area contributed by atoms with E-state index in [2.05, 4.69) is 0 Å². The topological polar surface area (TPSA) is 26.0 Å². The first-order valence-corrected chi connectivity index (χ1v) is 4.34. The highest BCUT2D eigenvalue weighted by Gasteiger charge is 2.36. The molecule has 1 rings (SSSR count). The zero-order valence-electron chi connectivity index (χ0n) is 7.18. The molecular weight excluding hydrogens is 215 g/mol. The molecule has 1 nitrogen and oxygen atoms in total. The zero-order valence-corrected chi connectivity index (χ0v) is 7.94. The third kappa shape index (κ3) is 3.20. The predicted molar refractivity (Wildman–Crippen MR) is 49.2 cm³/mol. The van der Waals surface area contributed by atoms with Crippen LogP contribution in [0, 0.1) is 0 Å². The quantitative estimate of drug-likeness (QED) is 0.820. The van der Waals surface area contributed by atoms with E-state index in [-0.39, 0.29) is 6.42 Å². The number of benzene rings is 1. The fourth-order valence-corrected chi connectivity index (χ4v) is 1.25. The largest absolute Gasteiger partial charge is 0.403 e. The summed E-state index contributed by atoms with van der Waals surface area (Å²) in [5, 5.41) is 0.414. The fourth-order valence-electron chi connectivity index (χ4n) is 1.03. The van der Waals surface area contributed by atoms with Crippen LogP contribution in [0.25, 0.3) is 0 Å². The highest BCUT2D eigenvalue weighted by molar-refractivity contribution is 6.30. The molecule has 0 aliphatic heterocycles. The molecule has 78 valence electrons. The van der Waals surface area contributed by atoms with Crippen LogP contribution in [-0.4, -0.2) is 12.2 Å². The number of hydrogen-bond donors (Lipinski definition) is 1. The minimum absolute atomic E-state index is 0.246. The van der Waals surface area contributed by atoms with Crippen molar-refractivity contribution in [1.29, 1.82) is 0 Å². The van der Waals surface area contributed by atoms with Gasteiger partial charge in [0.2, 0.25) is 0 Å². The molecule has 14 heavy (non-hydrogen) atoms. The molecule has 5 heteroatoms. The highest BCUT2D eigenvalue weighted by atomic mass is 35.5. The van der Waals surface area contributed by atoms with Gasteiger partial charge >= 0.3 is 6.18 Å². The van der Waals surface area contributed by atoms with Crippen LogP contribution in [0.1, 0.15) is 5.56 Å². The van der Waals surface area contributed by atoms with Gasteiger partial charge in [0.05, 0.1) is 0 Å². The normalized spacial score (nSPS) is 14.1. The van der Waals surface area contributed by atoms with Crippen LogP contribution in [0.2, 0.25) is 5.02 Å². The first-order chi connectivity index (χ1) is 6.39. The van der Waals surface area contributed by atoms with E-state index in [9.17, 15) is 13.2 Å². The van der Waals surface area contributed by atoms with Crippen molar-refractivity contribution >= 4 is 11.6 Å². The number of rotatable bonds is 2. The Balaban J connectivity index is 2.70. The molecule has 2 N–H and O–H groups in total. The summed E-state index contributed by atoms with van der Waals surface area (Å²) in [5.41, 5.74) is 5.45. The Morgan fingerprint density at radius 2 is 2.00 bits per heavy atom. The molecule has 0 aromatic heterocycles. The fraction of sp³-hybridized carbons (Fsp3) is 0.333. The number of halogens is 4. The van der Waals surface area contributed by atoms with Crippen LogP contribution in [0.5, 0.6) is 0 Å². The molecule has 0 fully saturated rings. The summed E-state index contributed by atoms with van der Waals surface area (Å²) in [6.45, 7) is 0. The summed E-state index contributed by atoms with van der Waals surface area (Å²) in [5.74, 6) is 0. The van der Waals surface area contributed by atoms with Crippen molar-refractivity contribution < 1.29 is 13.2 Å². The molecule has 0 bridgehead atoms. The van der Waals surface area contributed by atoms with E-state index in [1.807, 2.05) is 0 Å². The Labute approximate surface area is 84.7 Å². The summed E-state index contributed by atoms with van der Waals surface area (Å²) in [7, 11) is 0. The Bertz CT molecular complexity index is 311. The molecule has 0 unspecified atom stereocenters. The summed E-state index contributed by atoms with van der Waals surface area (Å²) >= 11 is 5.62. The summed E-state index contributed by atoms with van der Waals surface area (Å²) < 4.78 is 36.2. The molecule has 0 aliphatic carbocycles. The van der Waals surface area contributed by atoms with E-state index in [4.69, 9.17) is 17.3 Å². The van der Waals surface area contributed by atoms with Crippen molar-refractivity contribution in [1.82, 2.24) is 0 Å². The van der Waals surface area contributed by atoms with Crippen molar-refractivity contribution in [3.05, 3.63) is 34.9 Å². The Morgan fingerprint density at radius 1 is 1.36 bits per heavy atom. The Morgan fingerprint density at radius 3 is 2.50 bits per heavy atom. The minimum atomic E-state index is -4.36. The summed E-state index contributed by atoms with van der Waals surface area (Å²) in [6, 6.07) is 4.41. The molecular formula is C9H9ClF3N. The van der Waals surface area contributed by atoms with Crippen molar-refractivity contribution in [3.63, 3.8) is 0 Å². The molecule has 0 saturated heterocycles. The molecule has 0 spiro atoms. The van der Waals surface area contributed by atoms with Crippen LogP contribution in [-0.2, 0) is 6.42 Å². The van der Waals surface area contributed by atoms with Gasteiger partial charge in [-0.25, -0.2) is 0 Å². The molecule has 0 amide bonds. The first-order valence-electron chi connectivity index (χ1n) is 3.96. The highest BCUT2D eigenvalue weighted by Crippen LogP contribution is 2.22. The first kappa shape index (κ1) is 11.3. The van der Waals surface area contributed by atoms with Gasteiger partial charge in [-0.1, -0.05) is 23.7 Å². The molecule has 0 saturated carbocycles. The van der Waals surface area contributed by atoms with E-state index in [1.54, 1.807) is 18.2 Å². The lowest BCUT2D eigenvalue weighted by molar-refractivity contribution is -0.147. The summed E-state index contributed by atoms with van der Waals surface area (Å²) in [4.78, 5) is 0. The molecule has 0 radical (unpaired) electrons. The van der Waals surface area contributed by atoms with Gasteiger partial charge in [0.25, 0.3) is 0 Å². The second kappa shape index (κ2) is 4.19. The molecule has 0 aliphatic rings. The molecule has 1 atom stereocenters. The van der Waals surface area contributed by atoms with E-state index in [0.29, 0.717) is 10.6 Å². The summed E-state index contributed by atoms with van der Waals surface area (Å²) in [6.07, 6.45) is -4.60. The SMILES string of the molecule is N[C@@H](Cc1cccc(Cl)c1)C(F)(F)F. The predicted octanol–water partition coefficient (Wildman–Crippen LogP) is 2.77. The standard InChI is InChI=1S/C9H9ClF3N/c10-7-3-1-2-6(4-7)5-8(14)9(11,12)13/h1-4,8H,5,14H2/t8-/m0/s1. The monoisotopic (exact) mass is 223 g/mol. The van der Waals surface area contributed by atoms with Gasteiger partial charge in [-0.3, -0.25) is 0 Å². The molecule has 1 aromatic carbocycles. The molecule has 1 aromatic rings. The van der Waals surface area contributed by atoms with E-state index >= 15 is 0 Å². The van der Waals surface area contributed by atoms with Crippen LogP contribution in [0.3, 0.4) is 0 Å². The Hall–Kier alpha value is -0.740. The Kier molecular flexibility index (Phi) is 3.39. The van der Waals surface area contributed by atoms with E-state index in [0.717, 1.165) is 0 Å². The zero-order chi connectivity index (χ0) is 10.8. The van der Waals surface area contributed by atoms with Gasteiger partial charge in [-0.15, -0.1) is 0 Å². The van der Waals surface area contributed by atoms with E-state index in [1.165, 1.54) is 6.07 Å². The maximum atomic E-state index is 12.1. The van der Waals surface area contributed by atoms with E-state index < -0.39 is 12.2 Å². The van der Waals surface area contributed by atoms with Gasteiger partial charge in [-0.05, 0) is 24.1 Å². The minimum Gasteiger partial charge on any atom is -0.320 e. The van der Waals surface area contributed by atoms with Crippen LogP contribution in [0.15, 0.2) is 24.3 Å². The maximum absolute atomic E-state index is 12.1. The van der Waals surface area contributed by atoms with Gasteiger partial charge in [0.1, 0.15) is 6.04 Å². The van der Waals surface area contributed by atoms with Gasteiger partial charge < -0.3 is 5.73 Å².